The zero-order valence-electron chi connectivity index (χ0n) is 16.2. The predicted molar refractivity (Wildman–Crippen MR) is 110 cm³/mol. The monoisotopic (exact) mass is 372 g/mol. The maximum absolute atomic E-state index is 13.0. The molecule has 0 spiro atoms. The zero-order chi connectivity index (χ0) is 19.7. The van der Waals surface area contributed by atoms with Gasteiger partial charge in [0, 0.05) is 23.9 Å². The third-order valence-corrected chi connectivity index (χ3v) is 5.52. The van der Waals surface area contributed by atoms with Crippen molar-refractivity contribution in [3.05, 3.63) is 89.1 Å². The van der Waals surface area contributed by atoms with Crippen LogP contribution in [0.25, 0.3) is 11.3 Å². The molecule has 0 saturated carbocycles. The highest BCUT2D eigenvalue weighted by Crippen LogP contribution is 2.34. The molecule has 4 nitrogen and oxygen atoms in total. The van der Waals surface area contributed by atoms with Crippen molar-refractivity contribution in [1.29, 1.82) is 0 Å². The lowest BCUT2D eigenvalue weighted by molar-refractivity contribution is 0.0412. The first kappa shape index (κ1) is 18.4. The molecule has 1 aromatic heterocycles. The van der Waals surface area contributed by atoms with Crippen LogP contribution in [-0.4, -0.2) is 34.0 Å². The van der Waals surface area contributed by atoms with Gasteiger partial charge in [0.15, 0.2) is 0 Å². The first-order chi connectivity index (χ1) is 13.5. The molecule has 1 fully saturated rings. The summed E-state index contributed by atoms with van der Waals surface area (Å²) < 4.78 is 0. The second kappa shape index (κ2) is 7.21. The van der Waals surface area contributed by atoms with E-state index in [9.17, 15) is 9.90 Å². The third-order valence-electron chi connectivity index (χ3n) is 5.52. The first-order valence-corrected chi connectivity index (χ1v) is 9.57. The number of benzene rings is 2. The van der Waals surface area contributed by atoms with Crippen molar-refractivity contribution in [2.75, 3.05) is 13.1 Å². The SMILES string of the molecule is Cc1ccnc(-c2ccc(C(=O)N3CC[C@](O)(c4ccccc4C)C3)cc2)c1. The second-order valence-electron chi connectivity index (χ2n) is 7.62. The Bertz CT molecular complexity index is 1010. The van der Waals surface area contributed by atoms with E-state index in [1.165, 1.54) is 0 Å². The van der Waals surface area contributed by atoms with E-state index in [1.54, 1.807) is 11.1 Å². The number of rotatable bonds is 3. The van der Waals surface area contributed by atoms with E-state index in [0.717, 1.165) is 27.9 Å². The molecular formula is C24H24N2O2. The summed E-state index contributed by atoms with van der Waals surface area (Å²) in [5, 5.41) is 11.1. The molecule has 1 amide bonds. The van der Waals surface area contributed by atoms with Crippen LogP contribution in [0, 0.1) is 13.8 Å². The fraction of sp³-hybridized carbons (Fsp3) is 0.250. The fourth-order valence-electron chi connectivity index (χ4n) is 3.94. The highest BCUT2D eigenvalue weighted by atomic mass is 16.3. The molecule has 0 radical (unpaired) electrons. The normalized spacial score (nSPS) is 19.0. The Morgan fingerprint density at radius 1 is 1.07 bits per heavy atom. The number of pyridine rings is 1. The number of aryl methyl sites for hydroxylation is 2. The number of amides is 1. The van der Waals surface area contributed by atoms with Crippen molar-refractivity contribution in [2.24, 2.45) is 0 Å². The van der Waals surface area contributed by atoms with Gasteiger partial charge < -0.3 is 10.0 Å². The average molecular weight is 372 g/mol. The molecule has 0 aliphatic carbocycles. The Morgan fingerprint density at radius 2 is 1.82 bits per heavy atom. The van der Waals surface area contributed by atoms with Gasteiger partial charge in [-0.05, 0) is 61.2 Å². The lowest BCUT2D eigenvalue weighted by Gasteiger charge is -2.25. The van der Waals surface area contributed by atoms with E-state index in [4.69, 9.17) is 0 Å². The van der Waals surface area contributed by atoms with Crippen LogP contribution in [-0.2, 0) is 5.60 Å². The van der Waals surface area contributed by atoms with Gasteiger partial charge >= 0.3 is 0 Å². The van der Waals surface area contributed by atoms with Gasteiger partial charge in [0.25, 0.3) is 5.91 Å². The van der Waals surface area contributed by atoms with Crippen LogP contribution in [0.15, 0.2) is 66.9 Å². The summed E-state index contributed by atoms with van der Waals surface area (Å²) in [6, 6.07) is 19.4. The van der Waals surface area contributed by atoms with Gasteiger partial charge in [0.2, 0.25) is 0 Å². The molecule has 1 aliphatic rings. The molecule has 0 unspecified atom stereocenters. The molecule has 2 heterocycles. The Hall–Kier alpha value is -2.98. The van der Waals surface area contributed by atoms with E-state index in [1.807, 2.05) is 74.5 Å². The Balaban J connectivity index is 1.52. The summed E-state index contributed by atoms with van der Waals surface area (Å²) in [6.07, 6.45) is 2.34. The maximum atomic E-state index is 13.0. The van der Waals surface area contributed by atoms with Crippen LogP contribution in [0.5, 0.6) is 0 Å². The minimum atomic E-state index is -0.980. The zero-order valence-corrected chi connectivity index (χ0v) is 16.2. The van der Waals surface area contributed by atoms with Crippen LogP contribution >= 0.6 is 0 Å². The van der Waals surface area contributed by atoms with Crippen LogP contribution in [0.1, 0.15) is 33.5 Å². The lowest BCUT2D eigenvalue weighted by atomic mass is 9.89. The average Bonchev–Trinajstić information content (AvgIpc) is 3.11. The minimum Gasteiger partial charge on any atom is -0.383 e. The summed E-state index contributed by atoms with van der Waals surface area (Å²) in [7, 11) is 0. The number of aliphatic hydroxyl groups is 1. The topological polar surface area (TPSA) is 53.4 Å². The smallest absolute Gasteiger partial charge is 0.253 e. The first-order valence-electron chi connectivity index (χ1n) is 9.57. The second-order valence-corrected chi connectivity index (χ2v) is 7.62. The fourth-order valence-corrected chi connectivity index (χ4v) is 3.94. The number of likely N-dealkylation sites (tertiary alicyclic amines) is 1. The highest BCUT2D eigenvalue weighted by molar-refractivity contribution is 5.95. The molecule has 1 aliphatic heterocycles. The molecule has 3 aromatic rings. The number of β-amino-alcohol motifs (C(OH)–C–C–N with tert-alkyl or cyclic N) is 1. The molecule has 4 rings (SSSR count). The van der Waals surface area contributed by atoms with Gasteiger partial charge in [-0.25, -0.2) is 0 Å². The number of hydrogen-bond acceptors (Lipinski definition) is 3. The van der Waals surface area contributed by atoms with Crippen molar-refractivity contribution in [3.63, 3.8) is 0 Å². The van der Waals surface area contributed by atoms with Crippen molar-refractivity contribution >= 4 is 5.91 Å². The van der Waals surface area contributed by atoms with Crippen LogP contribution in [0.2, 0.25) is 0 Å². The molecule has 2 aromatic carbocycles. The van der Waals surface area contributed by atoms with Gasteiger partial charge in [-0.1, -0.05) is 36.4 Å². The molecule has 142 valence electrons. The van der Waals surface area contributed by atoms with Gasteiger partial charge in [0.05, 0.1) is 12.2 Å². The summed E-state index contributed by atoms with van der Waals surface area (Å²) in [5.41, 5.74) is 4.64. The minimum absolute atomic E-state index is 0.0479. The Kier molecular flexibility index (Phi) is 4.73. The van der Waals surface area contributed by atoms with E-state index < -0.39 is 5.60 Å². The van der Waals surface area contributed by atoms with Gasteiger partial charge in [-0.3, -0.25) is 9.78 Å². The van der Waals surface area contributed by atoms with E-state index in [0.29, 0.717) is 25.1 Å². The predicted octanol–water partition coefficient (Wildman–Crippen LogP) is 4.10. The summed E-state index contributed by atoms with van der Waals surface area (Å²) in [5.74, 6) is -0.0479. The van der Waals surface area contributed by atoms with Crippen LogP contribution in [0.3, 0.4) is 0 Å². The molecule has 28 heavy (non-hydrogen) atoms. The molecule has 1 saturated heterocycles. The summed E-state index contributed by atoms with van der Waals surface area (Å²) in [6.45, 7) is 4.89. The van der Waals surface area contributed by atoms with Gasteiger partial charge in [-0.15, -0.1) is 0 Å². The number of aromatic nitrogens is 1. The van der Waals surface area contributed by atoms with Crippen molar-refractivity contribution in [3.8, 4) is 11.3 Å². The maximum Gasteiger partial charge on any atom is 0.253 e. The Morgan fingerprint density at radius 3 is 2.54 bits per heavy atom. The highest BCUT2D eigenvalue weighted by Gasteiger charge is 2.40. The molecule has 1 atom stereocenters. The number of carbonyl (C=O) groups excluding carboxylic acids is 1. The van der Waals surface area contributed by atoms with Gasteiger partial charge in [0.1, 0.15) is 5.60 Å². The Labute approximate surface area is 165 Å². The third kappa shape index (κ3) is 3.43. The van der Waals surface area contributed by atoms with Crippen molar-refractivity contribution in [2.45, 2.75) is 25.9 Å². The number of nitrogens with zero attached hydrogens (tertiary/aromatic N) is 2. The molecule has 1 N–H and O–H groups in total. The summed E-state index contributed by atoms with van der Waals surface area (Å²) in [4.78, 5) is 19.1. The number of hydrogen-bond donors (Lipinski definition) is 1. The molecule has 0 bridgehead atoms. The lowest BCUT2D eigenvalue weighted by Crippen LogP contribution is -2.34. The molecular weight excluding hydrogens is 348 g/mol. The van der Waals surface area contributed by atoms with E-state index >= 15 is 0 Å². The van der Waals surface area contributed by atoms with Crippen LogP contribution in [0.4, 0.5) is 0 Å². The van der Waals surface area contributed by atoms with E-state index in [-0.39, 0.29) is 5.91 Å². The van der Waals surface area contributed by atoms with Crippen LogP contribution < -0.4 is 0 Å². The number of carbonyl (C=O) groups is 1. The standard InChI is InChI=1S/C24H24N2O2/c1-17-11-13-25-22(15-17)19-7-9-20(10-8-19)23(27)26-14-12-24(28,16-26)21-6-4-3-5-18(21)2/h3-11,13,15,28H,12,14,16H2,1-2H3/t24-/m1/s1. The molecule has 4 heteroatoms. The van der Waals surface area contributed by atoms with Crippen molar-refractivity contribution < 1.29 is 9.90 Å². The van der Waals surface area contributed by atoms with Crippen molar-refractivity contribution in [1.82, 2.24) is 9.88 Å². The largest absolute Gasteiger partial charge is 0.383 e. The van der Waals surface area contributed by atoms with Gasteiger partial charge in [-0.2, -0.15) is 0 Å². The quantitative estimate of drug-likeness (QED) is 0.753. The van der Waals surface area contributed by atoms with E-state index in [2.05, 4.69) is 4.98 Å². The summed E-state index contributed by atoms with van der Waals surface area (Å²) >= 11 is 0.